The van der Waals surface area contributed by atoms with Crippen LogP contribution in [0, 0.1) is 0 Å². The van der Waals surface area contributed by atoms with Crippen LogP contribution in [0.4, 0.5) is 0 Å². The van der Waals surface area contributed by atoms with Crippen molar-refractivity contribution >= 4 is 39.1 Å². The molecule has 0 aliphatic heterocycles. The van der Waals surface area contributed by atoms with Gasteiger partial charge in [-0.15, -0.1) is 5.10 Å². The van der Waals surface area contributed by atoms with E-state index < -0.39 is 0 Å². The van der Waals surface area contributed by atoms with E-state index in [2.05, 4.69) is 38.3 Å². The van der Waals surface area contributed by atoms with Crippen molar-refractivity contribution in [3.8, 4) is 5.75 Å². The lowest BCUT2D eigenvalue weighted by molar-refractivity contribution is 0.344. The highest BCUT2D eigenvalue weighted by Crippen LogP contribution is 2.16. The molecule has 0 aromatic heterocycles. The quantitative estimate of drug-likeness (QED) is 0.335. The third-order valence-corrected chi connectivity index (χ3v) is 4.02. The second kappa shape index (κ2) is 10.1. The molecule has 0 unspecified atom stereocenters. The lowest BCUT2D eigenvalue weighted by Gasteiger charge is -2.06. The van der Waals surface area contributed by atoms with Crippen LogP contribution in [0.2, 0.25) is 0 Å². The standard InChI is InChI=1S/C17H18BrN3OS/c18-10-11-22-16-9-5-4-8-15(16)12-20-21-17(19)23-13-14-6-2-1-3-7-14/h1-9,12H,10-11,13H2,(H2,19,21). The fourth-order valence-electron chi connectivity index (χ4n) is 1.78. The molecule has 2 aromatic rings. The normalized spacial score (nSPS) is 11.8. The van der Waals surface area contributed by atoms with Gasteiger partial charge in [0.25, 0.3) is 0 Å². The lowest BCUT2D eigenvalue weighted by atomic mass is 10.2. The van der Waals surface area contributed by atoms with Gasteiger partial charge in [-0.1, -0.05) is 70.2 Å². The van der Waals surface area contributed by atoms with Gasteiger partial charge in [0.05, 0.1) is 12.8 Å². The van der Waals surface area contributed by atoms with Crippen LogP contribution in [0.1, 0.15) is 11.1 Å². The summed E-state index contributed by atoms with van der Waals surface area (Å²) >= 11 is 4.80. The summed E-state index contributed by atoms with van der Waals surface area (Å²) in [5.41, 5.74) is 7.94. The van der Waals surface area contributed by atoms with E-state index in [-0.39, 0.29) is 0 Å². The molecular formula is C17H18BrN3OS. The van der Waals surface area contributed by atoms with Crippen molar-refractivity contribution in [3.05, 3.63) is 65.7 Å². The van der Waals surface area contributed by atoms with Crippen molar-refractivity contribution in [1.82, 2.24) is 0 Å². The Kier molecular flexibility index (Phi) is 7.69. The molecule has 0 radical (unpaired) electrons. The second-order valence-corrected chi connectivity index (χ2v) is 6.32. The first kappa shape index (κ1) is 17.6. The van der Waals surface area contributed by atoms with Gasteiger partial charge in [0.2, 0.25) is 0 Å². The van der Waals surface area contributed by atoms with Crippen LogP contribution >= 0.6 is 27.7 Å². The Morgan fingerprint density at radius 2 is 1.87 bits per heavy atom. The number of nitrogens with zero attached hydrogens (tertiary/aromatic N) is 2. The van der Waals surface area contributed by atoms with Crippen LogP contribution in [0.3, 0.4) is 0 Å². The highest BCUT2D eigenvalue weighted by atomic mass is 79.9. The first-order chi connectivity index (χ1) is 11.3. The summed E-state index contributed by atoms with van der Waals surface area (Å²) in [5, 5.41) is 9.28. The smallest absolute Gasteiger partial charge is 0.180 e. The third kappa shape index (κ3) is 6.46. The van der Waals surface area contributed by atoms with Gasteiger partial charge in [0.15, 0.2) is 5.17 Å². The Hall–Kier alpha value is -1.79. The molecule has 4 nitrogen and oxygen atoms in total. The van der Waals surface area contributed by atoms with Crippen LogP contribution in [-0.2, 0) is 5.75 Å². The Morgan fingerprint density at radius 1 is 1.13 bits per heavy atom. The average molecular weight is 392 g/mol. The Labute approximate surface area is 149 Å². The number of amidine groups is 1. The van der Waals surface area contributed by atoms with E-state index >= 15 is 0 Å². The number of rotatable bonds is 7. The first-order valence-corrected chi connectivity index (χ1v) is 9.21. The maximum absolute atomic E-state index is 5.87. The Morgan fingerprint density at radius 3 is 2.65 bits per heavy atom. The Bertz CT molecular complexity index is 662. The highest BCUT2D eigenvalue weighted by Gasteiger charge is 2.00. The molecular weight excluding hydrogens is 374 g/mol. The molecule has 120 valence electrons. The summed E-state index contributed by atoms with van der Waals surface area (Å²) in [6, 6.07) is 17.8. The number of hydrogen-bond acceptors (Lipinski definition) is 4. The molecule has 0 aliphatic carbocycles. The molecule has 2 rings (SSSR count). The topological polar surface area (TPSA) is 60.0 Å². The van der Waals surface area contributed by atoms with E-state index in [1.165, 1.54) is 17.3 Å². The molecule has 0 spiro atoms. The minimum Gasteiger partial charge on any atom is -0.492 e. The largest absolute Gasteiger partial charge is 0.492 e. The number of halogens is 1. The van der Waals surface area contributed by atoms with Crippen molar-refractivity contribution in [2.24, 2.45) is 15.9 Å². The van der Waals surface area contributed by atoms with E-state index in [1.807, 2.05) is 42.5 Å². The second-order valence-electron chi connectivity index (χ2n) is 4.53. The molecule has 0 saturated heterocycles. The first-order valence-electron chi connectivity index (χ1n) is 7.10. The number of nitrogens with two attached hydrogens (primary N) is 1. The highest BCUT2D eigenvalue weighted by molar-refractivity contribution is 9.09. The average Bonchev–Trinajstić information content (AvgIpc) is 2.60. The minimum atomic E-state index is 0.434. The number of ether oxygens (including phenoxy) is 1. The van der Waals surface area contributed by atoms with E-state index in [4.69, 9.17) is 10.5 Å². The molecule has 0 fully saturated rings. The van der Waals surface area contributed by atoms with E-state index in [9.17, 15) is 0 Å². The van der Waals surface area contributed by atoms with Gasteiger partial charge in [0.1, 0.15) is 5.75 Å². The molecule has 0 heterocycles. The molecule has 23 heavy (non-hydrogen) atoms. The number of hydrogen-bond donors (Lipinski definition) is 1. The molecule has 0 saturated carbocycles. The number of benzene rings is 2. The van der Waals surface area contributed by atoms with Crippen molar-refractivity contribution in [2.45, 2.75) is 5.75 Å². The van der Waals surface area contributed by atoms with Crippen molar-refractivity contribution < 1.29 is 4.74 Å². The molecule has 0 aliphatic rings. The van der Waals surface area contributed by atoms with Crippen molar-refractivity contribution in [2.75, 3.05) is 11.9 Å². The van der Waals surface area contributed by atoms with Gasteiger partial charge in [-0.3, -0.25) is 0 Å². The molecule has 0 bridgehead atoms. The minimum absolute atomic E-state index is 0.434. The Balaban J connectivity index is 1.92. The fraction of sp³-hybridized carbons (Fsp3) is 0.176. The van der Waals surface area contributed by atoms with Crippen molar-refractivity contribution in [1.29, 1.82) is 0 Å². The summed E-state index contributed by atoms with van der Waals surface area (Å²) in [4.78, 5) is 0. The lowest BCUT2D eigenvalue weighted by Crippen LogP contribution is -2.06. The summed E-state index contributed by atoms with van der Waals surface area (Å²) in [6.45, 7) is 0.600. The van der Waals surface area contributed by atoms with Gasteiger partial charge in [-0.25, -0.2) is 0 Å². The zero-order chi connectivity index (χ0) is 16.3. The van der Waals surface area contributed by atoms with Gasteiger partial charge in [0, 0.05) is 16.6 Å². The molecule has 0 atom stereocenters. The third-order valence-electron chi connectivity index (χ3n) is 2.84. The zero-order valence-corrected chi connectivity index (χ0v) is 15.0. The van der Waals surface area contributed by atoms with Crippen LogP contribution in [-0.4, -0.2) is 23.3 Å². The van der Waals surface area contributed by atoms with Crippen LogP contribution < -0.4 is 10.5 Å². The van der Waals surface area contributed by atoms with E-state index in [1.54, 1.807) is 6.21 Å². The number of thioether (sulfide) groups is 1. The molecule has 2 N–H and O–H groups in total. The van der Waals surface area contributed by atoms with E-state index in [0.29, 0.717) is 11.8 Å². The van der Waals surface area contributed by atoms with Crippen molar-refractivity contribution in [3.63, 3.8) is 0 Å². The maximum Gasteiger partial charge on any atom is 0.180 e. The molecule has 6 heteroatoms. The van der Waals surface area contributed by atoms with Crippen LogP contribution in [0.25, 0.3) is 0 Å². The zero-order valence-electron chi connectivity index (χ0n) is 12.6. The van der Waals surface area contributed by atoms with Gasteiger partial charge in [-0.2, -0.15) is 5.10 Å². The van der Waals surface area contributed by atoms with Crippen LogP contribution in [0.5, 0.6) is 5.75 Å². The molecule has 0 amide bonds. The summed E-state index contributed by atoms with van der Waals surface area (Å²) in [7, 11) is 0. The van der Waals surface area contributed by atoms with Gasteiger partial charge < -0.3 is 10.5 Å². The number of para-hydroxylation sites is 1. The van der Waals surface area contributed by atoms with E-state index in [0.717, 1.165) is 22.4 Å². The SMILES string of the molecule is NC(=NN=Cc1ccccc1OCCBr)SCc1ccccc1. The number of alkyl halides is 1. The predicted octanol–water partition coefficient (Wildman–Crippen LogP) is 4.04. The summed E-state index contributed by atoms with van der Waals surface area (Å²) in [5.74, 6) is 1.55. The van der Waals surface area contributed by atoms with Gasteiger partial charge in [-0.05, 0) is 17.7 Å². The maximum atomic E-state index is 5.87. The predicted molar refractivity (Wildman–Crippen MR) is 103 cm³/mol. The van der Waals surface area contributed by atoms with Gasteiger partial charge >= 0.3 is 0 Å². The summed E-state index contributed by atoms with van der Waals surface area (Å²) < 4.78 is 5.63. The summed E-state index contributed by atoms with van der Waals surface area (Å²) in [6.07, 6.45) is 1.65. The van der Waals surface area contributed by atoms with Crippen LogP contribution in [0.15, 0.2) is 64.8 Å². The fourth-order valence-corrected chi connectivity index (χ4v) is 2.55. The monoisotopic (exact) mass is 391 g/mol. The molecule has 2 aromatic carbocycles.